The van der Waals surface area contributed by atoms with Crippen LogP contribution in [0.4, 0.5) is 0 Å². The van der Waals surface area contributed by atoms with Crippen molar-refractivity contribution in [2.75, 3.05) is 20.2 Å². The average Bonchev–Trinajstić information content (AvgIpc) is 3.35. The molecule has 3 saturated heterocycles. The number of fused-ring (bicyclic) bond motifs is 1. The molecule has 3 N–H and O–H groups in total. The number of aliphatic hydroxyl groups excluding tert-OH is 1. The zero-order valence-electron chi connectivity index (χ0n) is 15.8. The van der Waals surface area contributed by atoms with Crippen LogP contribution in [0.1, 0.15) is 18.4 Å². The van der Waals surface area contributed by atoms with Gasteiger partial charge in [0.2, 0.25) is 17.7 Å². The first-order chi connectivity index (χ1) is 13.5. The van der Waals surface area contributed by atoms with Gasteiger partial charge >= 0.3 is 0 Å². The number of carbonyl (C=O) groups excluding carboxylic acids is 3. The minimum Gasteiger partial charge on any atom is -0.395 e. The molecule has 2 unspecified atom stereocenters. The van der Waals surface area contributed by atoms with E-state index in [4.69, 9.17) is 4.74 Å². The second kappa shape index (κ2) is 7.18. The first kappa shape index (κ1) is 18.9. The van der Waals surface area contributed by atoms with Crippen LogP contribution in [0.3, 0.4) is 0 Å². The maximum atomic E-state index is 13.2. The molecule has 28 heavy (non-hydrogen) atoms. The highest BCUT2D eigenvalue weighted by molar-refractivity contribution is 5.98. The van der Waals surface area contributed by atoms with E-state index in [0.29, 0.717) is 19.4 Å². The molecule has 3 heterocycles. The largest absolute Gasteiger partial charge is 0.395 e. The minimum atomic E-state index is -1.01. The highest BCUT2D eigenvalue weighted by atomic mass is 16.5. The third-order valence-corrected chi connectivity index (χ3v) is 6.25. The standard InChI is InChI=1S/C20H25N3O5/c1-21-17(25)14-13-7-8-20(28-13)15(14)19(27)23(9-10-24)16(20)18(26)22-11-12-5-3-2-4-6-12/h2-6,13-16,24H,7-11H2,1H3,(H,21,25)(H,22,26)/t13-,14+,15+,16?,20?/m1/s1. The summed E-state index contributed by atoms with van der Waals surface area (Å²) < 4.78 is 6.19. The summed E-state index contributed by atoms with van der Waals surface area (Å²) in [7, 11) is 1.54. The van der Waals surface area contributed by atoms with E-state index in [0.717, 1.165) is 5.56 Å². The highest BCUT2D eigenvalue weighted by Gasteiger charge is 2.74. The van der Waals surface area contributed by atoms with Crippen molar-refractivity contribution in [2.45, 2.75) is 37.1 Å². The molecule has 0 radical (unpaired) electrons. The van der Waals surface area contributed by atoms with Crippen molar-refractivity contribution in [3.8, 4) is 0 Å². The fourth-order valence-corrected chi connectivity index (χ4v) is 5.15. The fourth-order valence-electron chi connectivity index (χ4n) is 5.15. The molecule has 3 amide bonds. The van der Waals surface area contributed by atoms with E-state index in [2.05, 4.69) is 10.6 Å². The van der Waals surface area contributed by atoms with Gasteiger partial charge in [-0.1, -0.05) is 30.3 Å². The van der Waals surface area contributed by atoms with Crippen LogP contribution < -0.4 is 10.6 Å². The van der Waals surface area contributed by atoms with Crippen LogP contribution in [-0.4, -0.2) is 65.7 Å². The number of nitrogens with one attached hydrogen (secondary N) is 2. The van der Waals surface area contributed by atoms with Crippen molar-refractivity contribution in [1.29, 1.82) is 0 Å². The lowest BCUT2D eigenvalue weighted by Crippen LogP contribution is -2.55. The Morgan fingerprint density at radius 2 is 2.04 bits per heavy atom. The number of amides is 3. The van der Waals surface area contributed by atoms with Gasteiger partial charge in [-0.15, -0.1) is 0 Å². The van der Waals surface area contributed by atoms with Crippen LogP contribution in [0.5, 0.6) is 0 Å². The van der Waals surface area contributed by atoms with Crippen LogP contribution in [0.15, 0.2) is 30.3 Å². The summed E-state index contributed by atoms with van der Waals surface area (Å²) in [6, 6.07) is 8.65. The summed E-state index contributed by atoms with van der Waals surface area (Å²) >= 11 is 0. The van der Waals surface area contributed by atoms with Gasteiger partial charge in [-0.05, 0) is 18.4 Å². The molecule has 1 spiro atoms. The van der Waals surface area contributed by atoms with Crippen molar-refractivity contribution in [3.63, 3.8) is 0 Å². The van der Waals surface area contributed by atoms with Crippen LogP contribution in [0.2, 0.25) is 0 Å². The molecular weight excluding hydrogens is 362 g/mol. The molecule has 0 saturated carbocycles. The summed E-state index contributed by atoms with van der Waals surface area (Å²) in [5.41, 5.74) is -0.0580. The zero-order chi connectivity index (χ0) is 19.9. The van der Waals surface area contributed by atoms with Crippen LogP contribution in [0.25, 0.3) is 0 Å². The average molecular weight is 387 g/mol. The monoisotopic (exact) mass is 387 g/mol. The maximum Gasteiger partial charge on any atom is 0.246 e. The summed E-state index contributed by atoms with van der Waals surface area (Å²) in [5.74, 6) is -2.13. The number of hydrogen-bond donors (Lipinski definition) is 3. The Morgan fingerprint density at radius 3 is 2.71 bits per heavy atom. The van der Waals surface area contributed by atoms with Crippen LogP contribution in [-0.2, 0) is 25.7 Å². The lowest BCUT2D eigenvalue weighted by molar-refractivity contribution is -0.142. The molecule has 2 bridgehead atoms. The third kappa shape index (κ3) is 2.70. The summed E-state index contributed by atoms with van der Waals surface area (Å²) in [4.78, 5) is 40.1. The van der Waals surface area contributed by atoms with E-state index < -0.39 is 23.5 Å². The molecule has 4 rings (SSSR count). The number of nitrogens with zero attached hydrogens (tertiary/aromatic N) is 1. The topological polar surface area (TPSA) is 108 Å². The molecule has 0 aromatic heterocycles. The minimum absolute atomic E-state index is 0.0367. The van der Waals surface area contributed by atoms with Gasteiger partial charge < -0.3 is 25.4 Å². The highest BCUT2D eigenvalue weighted by Crippen LogP contribution is 2.58. The molecule has 3 aliphatic rings. The maximum absolute atomic E-state index is 13.2. The van der Waals surface area contributed by atoms with Crippen LogP contribution >= 0.6 is 0 Å². The zero-order valence-corrected chi connectivity index (χ0v) is 15.8. The molecule has 8 nitrogen and oxygen atoms in total. The van der Waals surface area contributed by atoms with Gasteiger partial charge in [-0.3, -0.25) is 14.4 Å². The molecular formula is C20H25N3O5. The molecule has 1 aromatic rings. The molecule has 5 atom stereocenters. The number of likely N-dealkylation sites (tertiary alicyclic amines) is 1. The molecule has 3 fully saturated rings. The SMILES string of the molecule is CNC(=O)[C@@H]1[C@H]2C(=O)N(CCO)C(C(=O)NCc3ccccc3)C23CC[C@H]1O3. The molecule has 8 heteroatoms. The number of rotatable bonds is 6. The van der Waals surface area contributed by atoms with Gasteiger partial charge in [0.15, 0.2) is 0 Å². The number of carbonyl (C=O) groups is 3. The van der Waals surface area contributed by atoms with Gasteiger partial charge in [0.1, 0.15) is 11.6 Å². The van der Waals surface area contributed by atoms with Crippen molar-refractivity contribution in [3.05, 3.63) is 35.9 Å². The van der Waals surface area contributed by atoms with E-state index in [-0.39, 0.29) is 37.0 Å². The van der Waals surface area contributed by atoms with Gasteiger partial charge in [0.25, 0.3) is 0 Å². The predicted molar refractivity (Wildman–Crippen MR) is 98.8 cm³/mol. The summed E-state index contributed by atoms with van der Waals surface area (Å²) in [6.45, 7) is 0.112. The number of hydrogen-bond acceptors (Lipinski definition) is 5. The van der Waals surface area contributed by atoms with Crippen molar-refractivity contribution >= 4 is 17.7 Å². The molecule has 0 aliphatic carbocycles. The summed E-state index contributed by atoms with van der Waals surface area (Å²) in [6.07, 6.45) is 0.833. The van der Waals surface area contributed by atoms with E-state index in [1.807, 2.05) is 30.3 Å². The Morgan fingerprint density at radius 1 is 1.29 bits per heavy atom. The Kier molecular flexibility index (Phi) is 4.84. The Hall–Kier alpha value is -2.45. The quantitative estimate of drug-likeness (QED) is 0.605. The van der Waals surface area contributed by atoms with Crippen molar-refractivity contribution in [1.82, 2.24) is 15.5 Å². The Labute approximate surface area is 163 Å². The van der Waals surface area contributed by atoms with Crippen molar-refractivity contribution < 1.29 is 24.2 Å². The number of benzene rings is 1. The molecule has 1 aromatic carbocycles. The fraction of sp³-hybridized carbons (Fsp3) is 0.550. The van der Waals surface area contributed by atoms with E-state index >= 15 is 0 Å². The third-order valence-electron chi connectivity index (χ3n) is 6.25. The van der Waals surface area contributed by atoms with E-state index in [9.17, 15) is 19.5 Å². The summed E-state index contributed by atoms with van der Waals surface area (Å²) in [5, 5.41) is 15.0. The van der Waals surface area contributed by atoms with Crippen LogP contribution in [0, 0.1) is 11.8 Å². The van der Waals surface area contributed by atoms with Gasteiger partial charge in [-0.2, -0.15) is 0 Å². The first-order valence-corrected chi connectivity index (χ1v) is 9.66. The van der Waals surface area contributed by atoms with Gasteiger partial charge in [0, 0.05) is 20.1 Å². The number of aliphatic hydroxyl groups is 1. The van der Waals surface area contributed by atoms with Crippen molar-refractivity contribution in [2.24, 2.45) is 11.8 Å². The molecule has 150 valence electrons. The first-order valence-electron chi connectivity index (χ1n) is 9.66. The van der Waals surface area contributed by atoms with Gasteiger partial charge in [0.05, 0.1) is 24.5 Å². The second-order valence-electron chi connectivity index (χ2n) is 7.63. The van der Waals surface area contributed by atoms with Gasteiger partial charge in [-0.25, -0.2) is 0 Å². The Bertz CT molecular complexity index is 785. The number of ether oxygens (including phenoxy) is 1. The predicted octanol–water partition coefficient (Wildman–Crippen LogP) is -0.584. The smallest absolute Gasteiger partial charge is 0.246 e. The lowest BCUT2D eigenvalue weighted by atomic mass is 9.70. The lowest BCUT2D eigenvalue weighted by Gasteiger charge is -2.33. The van der Waals surface area contributed by atoms with E-state index in [1.54, 1.807) is 0 Å². The second-order valence-corrected chi connectivity index (χ2v) is 7.63. The molecule has 3 aliphatic heterocycles. The van der Waals surface area contributed by atoms with E-state index in [1.165, 1.54) is 11.9 Å². The normalized spacial score (nSPS) is 33.1. The Balaban J connectivity index is 1.62. The number of β-amino-alcohol motifs (C(OH)–C–C–N with tert-alkyl or cyclic N) is 1.